The van der Waals surface area contributed by atoms with Crippen LogP contribution in [0.2, 0.25) is 0 Å². The molecule has 0 aliphatic carbocycles. The smallest absolute Gasteiger partial charge is 0.326 e. The largest absolute Gasteiger partial charge is 0.480 e. The number of rotatable bonds is 27. The van der Waals surface area contributed by atoms with E-state index >= 15 is 0 Å². The van der Waals surface area contributed by atoms with Crippen molar-refractivity contribution in [2.24, 2.45) is 11.5 Å². The molecule has 3 aromatic carbocycles. The van der Waals surface area contributed by atoms with Crippen LogP contribution in [0.15, 0.2) is 91.0 Å². The van der Waals surface area contributed by atoms with Gasteiger partial charge in [-0.25, -0.2) is 4.79 Å². The fourth-order valence-electron chi connectivity index (χ4n) is 8.60. The first kappa shape index (κ1) is 56.0. The highest BCUT2D eigenvalue weighted by atomic mass is 16.4. The van der Waals surface area contributed by atoms with Gasteiger partial charge in [0, 0.05) is 32.4 Å². The van der Waals surface area contributed by atoms with Crippen LogP contribution in [0.5, 0.6) is 0 Å². The van der Waals surface area contributed by atoms with E-state index in [9.17, 15) is 53.4 Å². The lowest BCUT2D eigenvalue weighted by molar-refractivity contribution is -0.149. The maximum Gasteiger partial charge on any atom is 0.326 e. The van der Waals surface area contributed by atoms with Gasteiger partial charge in [0.1, 0.15) is 42.3 Å². The molecule has 5 rings (SSSR count). The standard InChI is InChI=1S/C50H66N12O11/c51-41(64)28-37(46(69)61-39(29-63)47(70)60-38(27-32-17-8-3-9-18-32)48(71)62-24-12-21-40(62)49(72)73)59-45(68)36(26-31-15-6-2-7-16-31)58-44(67)35(25-30-13-4-1-5-14-30)57-43(66)34(20-11-23-55-50(52)53)56-42(65)33-19-10-22-54-33/h1-9,13-18,33-40,54,63H,10-12,19-29H2,(H2,51,64)(H,56,65)(H,57,66)(H,58,67)(H,59,68)(H,60,70)(H,61,69)(H,72,73)(H4,52,53,55)/t33-,34-,35-,36-,37-,38-,39-,40+/m0/s1. The van der Waals surface area contributed by atoms with Crippen LogP contribution in [-0.4, -0.2) is 149 Å². The number of aliphatic carboxylic acids is 1. The average Bonchev–Trinajstić information content (AvgIpc) is 4.11. The number of primary amides is 1. The second-order valence-corrected chi connectivity index (χ2v) is 17.9. The lowest BCUT2D eigenvalue weighted by Crippen LogP contribution is -2.61. The summed E-state index contributed by atoms with van der Waals surface area (Å²) < 4.78 is 0. The fraction of sp³-hybridized carbons (Fsp3) is 0.440. The first-order valence-electron chi connectivity index (χ1n) is 24.2. The highest BCUT2D eigenvalue weighted by Gasteiger charge is 2.39. The zero-order chi connectivity index (χ0) is 52.9. The minimum Gasteiger partial charge on any atom is -0.480 e. The summed E-state index contributed by atoms with van der Waals surface area (Å²) >= 11 is 0. The number of nitrogens with zero attached hydrogens (tertiary/aromatic N) is 1. The van der Waals surface area contributed by atoms with Gasteiger partial charge in [-0.05, 0) is 61.8 Å². The van der Waals surface area contributed by atoms with Crippen molar-refractivity contribution in [2.75, 3.05) is 26.2 Å². The predicted molar refractivity (Wildman–Crippen MR) is 265 cm³/mol. The molecule has 2 fully saturated rings. The Morgan fingerprint density at radius 2 is 1.08 bits per heavy atom. The summed E-state index contributed by atoms with van der Waals surface area (Å²) in [7, 11) is 0. The Balaban J connectivity index is 1.36. The number of amides is 8. The minimum absolute atomic E-state index is 0.0673. The molecule has 0 unspecified atom stereocenters. The number of carbonyl (C=O) groups excluding carboxylic acids is 8. The van der Waals surface area contributed by atoms with Gasteiger partial charge in [-0.2, -0.15) is 0 Å². The molecule has 0 spiro atoms. The third-order valence-electron chi connectivity index (χ3n) is 12.4. The monoisotopic (exact) mass is 1010 g/mol. The molecule has 2 heterocycles. The summed E-state index contributed by atoms with van der Waals surface area (Å²) in [6, 6.07) is 15.3. The summed E-state index contributed by atoms with van der Waals surface area (Å²) in [5.41, 5.74) is 12.8. The second kappa shape index (κ2) is 28.2. The van der Waals surface area contributed by atoms with Gasteiger partial charge >= 0.3 is 5.97 Å². The maximum absolute atomic E-state index is 14.5. The number of nitrogens with one attached hydrogen (secondary N) is 9. The van der Waals surface area contributed by atoms with E-state index in [2.05, 4.69) is 42.5 Å². The molecule has 23 heteroatoms. The van der Waals surface area contributed by atoms with Crippen LogP contribution in [0.1, 0.15) is 61.6 Å². The van der Waals surface area contributed by atoms with Crippen molar-refractivity contribution in [1.82, 2.24) is 47.4 Å². The quantitative estimate of drug-likeness (QED) is 0.0215. The Bertz CT molecular complexity index is 2390. The summed E-state index contributed by atoms with van der Waals surface area (Å²) in [6.45, 7) is -0.0450. The zero-order valence-corrected chi connectivity index (χ0v) is 40.3. The number of aliphatic hydroxyl groups is 1. The summed E-state index contributed by atoms with van der Waals surface area (Å²) in [5, 5.41) is 48.9. The van der Waals surface area contributed by atoms with Gasteiger partial charge in [-0.15, -0.1) is 0 Å². The van der Waals surface area contributed by atoms with Crippen molar-refractivity contribution in [3.05, 3.63) is 108 Å². The summed E-state index contributed by atoms with van der Waals surface area (Å²) in [6.07, 6.45) is 1.25. The lowest BCUT2D eigenvalue weighted by Gasteiger charge is -2.29. The molecule has 3 aromatic rings. The molecule has 0 aromatic heterocycles. The van der Waals surface area contributed by atoms with Gasteiger partial charge < -0.3 is 69.1 Å². The molecular formula is C50H66N12O11. The van der Waals surface area contributed by atoms with Crippen LogP contribution >= 0.6 is 0 Å². The Morgan fingerprint density at radius 1 is 0.616 bits per heavy atom. The van der Waals surface area contributed by atoms with Gasteiger partial charge in [0.05, 0.1) is 19.1 Å². The second-order valence-electron chi connectivity index (χ2n) is 17.9. The molecule has 8 atom stereocenters. The molecule has 2 aliphatic rings. The first-order valence-corrected chi connectivity index (χ1v) is 24.2. The van der Waals surface area contributed by atoms with Crippen molar-refractivity contribution in [3.8, 4) is 0 Å². The Hall–Kier alpha value is -7.92. The molecule has 0 bridgehead atoms. The molecule has 23 nitrogen and oxygen atoms in total. The van der Waals surface area contributed by atoms with E-state index in [0.717, 1.165) is 11.3 Å². The number of guanidine groups is 1. The normalized spacial score (nSPS) is 17.5. The molecule has 8 amide bonds. The van der Waals surface area contributed by atoms with E-state index in [-0.39, 0.29) is 51.2 Å². The van der Waals surface area contributed by atoms with Crippen LogP contribution in [0.3, 0.4) is 0 Å². The van der Waals surface area contributed by atoms with Gasteiger partial charge in [0.2, 0.25) is 47.3 Å². The predicted octanol–water partition coefficient (Wildman–Crippen LogP) is -2.42. The van der Waals surface area contributed by atoms with Crippen molar-refractivity contribution >= 4 is 59.2 Å². The number of likely N-dealkylation sites (tertiary alicyclic amines) is 1. The number of aliphatic hydroxyl groups excluding tert-OH is 1. The number of carbonyl (C=O) groups is 9. The molecule has 0 saturated carbocycles. The van der Waals surface area contributed by atoms with Crippen molar-refractivity contribution in [3.63, 3.8) is 0 Å². The van der Waals surface area contributed by atoms with Crippen molar-refractivity contribution in [1.29, 1.82) is 5.41 Å². The van der Waals surface area contributed by atoms with E-state index in [4.69, 9.17) is 16.9 Å². The Labute approximate surface area is 422 Å². The van der Waals surface area contributed by atoms with Crippen LogP contribution in [0.25, 0.3) is 0 Å². The number of hydrogen-bond donors (Lipinski definition) is 13. The third kappa shape index (κ3) is 17.7. The molecule has 73 heavy (non-hydrogen) atoms. The number of carboxylic acids is 1. The van der Waals surface area contributed by atoms with E-state index in [1.807, 2.05) is 0 Å². The summed E-state index contributed by atoms with van der Waals surface area (Å²) in [5.74, 6) is -8.32. The van der Waals surface area contributed by atoms with Gasteiger partial charge in [-0.3, -0.25) is 43.8 Å². The first-order chi connectivity index (χ1) is 35.0. The molecule has 392 valence electrons. The van der Waals surface area contributed by atoms with E-state index in [0.29, 0.717) is 42.5 Å². The van der Waals surface area contributed by atoms with Gasteiger partial charge in [0.25, 0.3) is 0 Å². The van der Waals surface area contributed by atoms with Crippen LogP contribution in [0.4, 0.5) is 0 Å². The maximum atomic E-state index is 14.5. The van der Waals surface area contributed by atoms with Gasteiger partial charge in [-0.1, -0.05) is 91.0 Å². The number of benzene rings is 3. The number of nitrogens with two attached hydrogens (primary N) is 2. The lowest BCUT2D eigenvalue weighted by atomic mass is 10.0. The van der Waals surface area contributed by atoms with E-state index in [1.165, 1.54) is 0 Å². The van der Waals surface area contributed by atoms with Crippen molar-refractivity contribution in [2.45, 2.75) is 113 Å². The molecule has 2 aliphatic heterocycles. The molecule has 2 saturated heterocycles. The molecule has 0 radical (unpaired) electrons. The molecule has 15 N–H and O–H groups in total. The summed E-state index contributed by atoms with van der Waals surface area (Å²) in [4.78, 5) is 123. The van der Waals surface area contributed by atoms with E-state index in [1.54, 1.807) is 91.0 Å². The molecular weight excluding hydrogens is 945 g/mol. The fourth-order valence-corrected chi connectivity index (χ4v) is 8.60. The topological polar surface area (TPSA) is 369 Å². The van der Waals surface area contributed by atoms with Crippen LogP contribution < -0.4 is 54.0 Å². The number of hydrogen-bond acceptors (Lipinski definition) is 12. The number of carboxylic acid groups (broad SMARTS) is 1. The highest BCUT2D eigenvalue weighted by Crippen LogP contribution is 2.20. The zero-order valence-electron chi connectivity index (χ0n) is 40.3. The third-order valence-corrected chi connectivity index (χ3v) is 12.4. The van der Waals surface area contributed by atoms with Crippen molar-refractivity contribution < 1.29 is 53.4 Å². The Morgan fingerprint density at radius 3 is 1.56 bits per heavy atom. The minimum atomic E-state index is -1.78. The van der Waals surface area contributed by atoms with Gasteiger partial charge in [0.15, 0.2) is 5.96 Å². The highest BCUT2D eigenvalue weighted by molar-refractivity contribution is 5.99. The average molecular weight is 1010 g/mol. The van der Waals surface area contributed by atoms with Crippen LogP contribution in [0, 0.1) is 5.41 Å². The Kier molecular flexibility index (Phi) is 21.6. The SMILES string of the molecule is N=C(N)NCCC[C@H](NC(=O)[C@@H]1CCCN1)C(=O)N[C@@H](Cc1ccccc1)C(=O)N[C@@H](Cc1ccccc1)C(=O)N[C@@H](CC(N)=O)C(=O)N[C@@H](CO)C(=O)N[C@@H](Cc1ccccc1)C(=O)N1CCC[C@@H]1C(=O)O. The van der Waals surface area contributed by atoms with Crippen LogP contribution in [-0.2, 0) is 62.4 Å². The van der Waals surface area contributed by atoms with E-state index < -0.39 is 115 Å².